The molecule has 0 atom stereocenters. The number of aromatic nitrogens is 2. The van der Waals surface area contributed by atoms with Gasteiger partial charge in [-0.25, -0.2) is 4.79 Å². The van der Waals surface area contributed by atoms with E-state index >= 15 is 0 Å². The van der Waals surface area contributed by atoms with Crippen LogP contribution in [0.15, 0.2) is 59.4 Å². The molecule has 0 fully saturated rings. The fourth-order valence-corrected chi connectivity index (χ4v) is 4.38. The third kappa shape index (κ3) is 5.73. The van der Waals surface area contributed by atoms with Gasteiger partial charge in [-0.2, -0.15) is 0 Å². The van der Waals surface area contributed by atoms with E-state index in [9.17, 15) is 4.79 Å². The number of carboxylic acid groups (broad SMARTS) is 1. The Hall–Kier alpha value is -3.32. The molecule has 4 aromatic rings. The Balaban J connectivity index is 1.55. The average molecular weight is 544 g/mol. The molecule has 36 heavy (non-hydrogen) atoms. The quantitative estimate of drug-likeness (QED) is 0.225. The van der Waals surface area contributed by atoms with E-state index in [0.717, 1.165) is 16.7 Å². The Bertz CT molecular complexity index is 1430. The van der Waals surface area contributed by atoms with Crippen LogP contribution in [0.25, 0.3) is 23.4 Å². The van der Waals surface area contributed by atoms with Crippen LogP contribution in [0.4, 0.5) is 0 Å². The number of carbonyl (C=O) groups is 1. The molecule has 6 nitrogen and oxygen atoms in total. The van der Waals surface area contributed by atoms with Gasteiger partial charge >= 0.3 is 5.97 Å². The van der Waals surface area contributed by atoms with Gasteiger partial charge in [-0.15, -0.1) is 0 Å². The van der Waals surface area contributed by atoms with Gasteiger partial charge in [-0.3, -0.25) is 4.98 Å². The zero-order valence-electron chi connectivity index (χ0n) is 19.3. The predicted molar refractivity (Wildman–Crippen MR) is 142 cm³/mol. The average Bonchev–Trinajstić information content (AvgIpc) is 3.26. The molecular formula is C27H21Cl3N2O4. The highest BCUT2D eigenvalue weighted by Crippen LogP contribution is 2.38. The molecule has 0 radical (unpaired) electrons. The standard InChI is InChI=1S/C27H21Cl3N2O4/c1-15(2)26-20(25(32-36-26)24-22(29)12-31-13-23(24)30)14-35-19-9-8-17(21(28)11-19)7-6-16-4-3-5-18(10-16)27(33)34/h3-13,15H,14H2,1-2H3,(H,33,34)/b7-6+. The Morgan fingerprint density at radius 2 is 1.81 bits per heavy atom. The predicted octanol–water partition coefficient (Wildman–Crippen LogP) is 8.27. The minimum atomic E-state index is -0.977. The fraction of sp³-hybridized carbons (Fsp3) is 0.148. The number of nitrogens with zero attached hydrogens (tertiary/aromatic N) is 2. The lowest BCUT2D eigenvalue weighted by Crippen LogP contribution is -2.01. The molecule has 0 unspecified atom stereocenters. The second-order valence-corrected chi connectivity index (χ2v) is 9.46. The lowest BCUT2D eigenvalue weighted by atomic mass is 10.0. The van der Waals surface area contributed by atoms with Crippen LogP contribution >= 0.6 is 34.8 Å². The molecule has 4 rings (SSSR count). The van der Waals surface area contributed by atoms with E-state index in [-0.39, 0.29) is 18.1 Å². The van der Waals surface area contributed by atoms with Crippen LogP contribution in [-0.2, 0) is 6.61 Å². The van der Waals surface area contributed by atoms with Crippen molar-refractivity contribution in [1.29, 1.82) is 0 Å². The van der Waals surface area contributed by atoms with Gasteiger partial charge in [0.1, 0.15) is 23.8 Å². The number of halogens is 3. The van der Waals surface area contributed by atoms with Crippen LogP contribution in [0.1, 0.15) is 52.6 Å². The summed E-state index contributed by atoms with van der Waals surface area (Å²) >= 11 is 19.2. The monoisotopic (exact) mass is 542 g/mol. The largest absolute Gasteiger partial charge is 0.489 e. The van der Waals surface area contributed by atoms with E-state index in [4.69, 9.17) is 49.2 Å². The van der Waals surface area contributed by atoms with Crippen molar-refractivity contribution in [2.45, 2.75) is 26.4 Å². The first-order chi connectivity index (χ1) is 17.2. The van der Waals surface area contributed by atoms with Crippen molar-refractivity contribution in [3.8, 4) is 17.0 Å². The molecule has 2 aromatic heterocycles. The van der Waals surface area contributed by atoms with E-state index in [1.807, 2.05) is 32.1 Å². The number of pyridine rings is 1. The molecular weight excluding hydrogens is 523 g/mol. The first kappa shape index (κ1) is 25.8. The molecule has 1 N–H and O–H groups in total. The molecule has 0 aliphatic rings. The summed E-state index contributed by atoms with van der Waals surface area (Å²) in [6, 6.07) is 12.0. The number of aromatic carboxylic acids is 1. The highest BCUT2D eigenvalue weighted by molar-refractivity contribution is 6.38. The maximum absolute atomic E-state index is 11.2. The Morgan fingerprint density at radius 1 is 1.06 bits per heavy atom. The van der Waals surface area contributed by atoms with Crippen molar-refractivity contribution in [1.82, 2.24) is 10.1 Å². The van der Waals surface area contributed by atoms with Gasteiger partial charge < -0.3 is 14.4 Å². The summed E-state index contributed by atoms with van der Waals surface area (Å²) in [5, 5.41) is 14.6. The highest BCUT2D eigenvalue weighted by atomic mass is 35.5. The summed E-state index contributed by atoms with van der Waals surface area (Å²) in [6.45, 7) is 4.15. The first-order valence-electron chi connectivity index (χ1n) is 11.0. The fourth-order valence-electron chi connectivity index (χ4n) is 3.60. The van der Waals surface area contributed by atoms with Crippen LogP contribution < -0.4 is 4.74 Å². The summed E-state index contributed by atoms with van der Waals surface area (Å²) in [5.41, 5.74) is 3.50. The molecule has 0 aliphatic heterocycles. The van der Waals surface area contributed by atoms with Gasteiger partial charge in [0.15, 0.2) is 0 Å². The van der Waals surface area contributed by atoms with E-state index in [2.05, 4.69) is 10.1 Å². The summed E-state index contributed by atoms with van der Waals surface area (Å²) in [4.78, 5) is 15.2. The van der Waals surface area contributed by atoms with E-state index < -0.39 is 5.97 Å². The molecule has 2 heterocycles. The number of carboxylic acids is 1. The Kier molecular flexibility index (Phi) is 7.99. The summed E-state index contributed by atoms with van der Waals surface area (Å²) < 4.78 is 11.7. The molecule has 9 heteroatoms. The van der Waals surface area contributed by atoms with Crippen LogP contribution in [0.2, 0.25) is 15.1 Å². The van der Waals surface area contributed by atoms with Gasteiger partial charge in [0, 0.05) is 23.9 Å². The van der Waals surface area contributed by atoms with Gasteiger partial charge in [0.25, 0.3) is 0 Å². The minimum Gasteiger partial charge on any atom is -0.489 e. The first-order valence-corrected chi connectivity index (χ1v) is 12.1. The lowest BCUT2D eigenvalue weighted by molar-refractivity contribution is 0.0697. The van der Waals surface area contributed by atoms with E-state index in [0.29, 0.717) is 37.8 Å². The van der Waals surface area contributed by atoms with Gasteiger partial charge in [0.05, 0.1) is 26.2 Å². The summed E-state index contributed by atoms with van der Waals surface area (Å²) in [5.74, 6) is 0.303. The number of hydrogen-bond acceptors (Lipinski definition) is 5. The van der Waals surface area contributed by atoms with Crippen LogP contribution in [0, 0.1) is 0 Å². The number of ether oxygens (including phenoxy) is 1. The van der Waals surface area contributed by atoms with E-state index in [1.165, 1.54) is 12.4 Å². The molecule has 0 saturated heterocycles. The van der Waals surface area contributed by atoms with Crippen LogP contribution in [0.5, 0.6) is 5.75 Å². The highest BCUT2D eigenvalue weighted by Gasteiger charge is 2.24. The summed E-state index contributed by atoms with van der Waals surface area (Å²) in [6.07, 6.45) is 6.62. The minimum absolute atomic E-state index is 0.0555. The molecule has 0 bridgehead atoms. The zero-order chi connectivity index (χ0) is 25.8. The molecule has 0 saturated carbocycles. The smallest absolute Gasteiger partial charge is 0.335 e. The van der Waals surface area contributed by atoms with Gasteiger partial charge in [-0.05, 0) is 41.5 Å². The topological polar surface area (TPSA) is 85.5 Å². The van der Waals surface area contributed by atoms with Crippen LogP contribution in [0.3, 0.4) is 0 Å². The molecule has 0 aliphatic carbocycles. The SMILES string of the molecule is CC(C)c1onc(-c2c(Cl)cncc2Cl)c1COc1ccc(/C=C/c2cccc(C(=O)O)c2)c(Cl)c1. The van der Waals surface area contributed by atoms with Crippen molar-refractivity contribution in [3.05, 3.63) is 97.9 Å². The third-order valence-corrected chi connectivity index (χ3v) is 6.28. The maximum atomic E-state index is 11.2. The van der Waals surface area contributed by atoms with Crippen molar-refractivity contribution in [2.75, 3.05) is 0 Å². The molecule has 0 spiro atoms. The number of rotatable bonds is 8. The summed E-state index contributed by atoms with van der Waals surface area (Å²) in [7, 11) is 0. The van der Waals surface area contributed by atoms with Crippen LogP contribution in [-0.4, -0.2) is 21.2 Å². The normalized spacial score (nSPS) is 11.4. The van der Waals surface area contributed by atoms with Gasteiger partial charge in [0.2, 0.25) is 0 Å². The third-order valence-electron chi connectivity index (χ3n) is 5.38. The molecule has 2 aromatic carbocycles. The van der Waals surface area contributed by atoms with Crippen molar-refractivity contribution < 1.29 is 19.2 Å². The molecule has 184 valence electrons. The maximum Gasteiger partial charge on any atom is 0.335 e. The number of hydrogen-bond donors (Lipinski definition) is 1. The Morgan fingerprint density at radius 3 is 2.47 bits per heavy atom. The second kappa shape index (κ2) is 11.2. The zero-order valence-corrected chi connectivity index (χ0v) is 21.6. The second-order valence-electron chi connectivity index (χ2n) is 8.24. The van der Waals surface area contributed by atoms with E-state index in [1.54, 1.807) is 36.4 Å². The van der Waals surface area contributed by atoms with Crippen molar-refractivity contribution in [2.24, 2.45) is 0 Å². The lowest BCUT2D eigenvalue weighted by Gasteiger charge is -2.11. The molecule has 0 amide bonds. The van der Waals surface area contributed by atoms with Crippen molar-refractivity contribution >= 4 is 52.9 Å². The van der Waals surface area contributed by atoms with Gasteiger partial charge in [-0.1, -0.05) is 78.1 Å². The van der Waals surface area contributed by atoms with Crippen molar-refractivity contribution in [3.63, 3.8) is 0 Å². The number of benzene rings is 2. The Labute approximate surface area is 223 Å².